The zero-order chi connectivity index (χ0) is 14.9. The number of carbonyl (C=O) groups is 2. The third-order valence-corrected chi connectivity index (χ3v) is 4.17. The fourth-order valence-electron chi connectivity index (χ4n) is 2.76. The number of para-hydroxylation sites is 1. The van der Waals surface area contributed by atoms with E-state index in [0.29, 0.717) is 19.4 Å². The molecule has 0 spiro atoms. The van der Waals surface area contributed by atoms with Crippen molar-refractivity contribution < 1.29 is 19.4 Å². The van der Waals surface area contributed by atoms with Crippen LogP contribution in [0, 0.1) is 0 Å². The van der Waals surface area contributed by atoms with Gasteiger partial charge in [-0.3, -0.25) is 0 Å². The summed E-state index contributed by atoms with van der Waals surface area (Å²) in [7, 11) is 0. The number of rotatable bonds is 4. The number of amides is 2. The average molecular weight is 290 g/mol. The lowest BCUT2D eigenvalue weighted by molar-refractivity contribution is -0.148. The summed E-state index contributed by atoms with van der Waals surface area (Å²) in [5.74, 6) is -0.112. The summed E-state index contributed by atoms with van der Waals surface area (Å²) in [6, 6.07) is 7.33. The molecule has 6 nitrogen and oxygen atoms in total. The summed E-state index contributed by atoms with van der Waals surface area (Å²) >= 11 is 0. The number of urea groups is 1. The van der Waals surface area contributed by atoms with E-state index in [4.69, 9.17) is 9.84 Å². The van der Waals surface area contributed by atoms with Crippen molar-refractivity contribution in [2.24, 2.45) is 0 Å². The van der Waals surface area contributed by atoms with Crippen LogP contribution in [0.1, 0.15) is 24.8 Å². The fourth-order valence-corrected chi connectivity index (χ4v) is 2.76. The molecule has 1 saturated carbocycles. The van der Waals surface area contributed by atoms with E-state index >= 15 is 0 Å². The number of fused-ring (bicyclic) bond motifs is 1. The normalized spacial score (nSPS) is 21.6. The second-order valence-electron chi connectivity index (χ2n) is 5.63. The largest absolute Gasteiger partial charge is 0.488 e. The van der Waals surface area contributed by atoms with Crippen LogP contribution >= 0.6 is 0 Å². The Morgan fingerprint density at radius 2 is 2.10 bits per heavy atom. The topological polar surface area (TPSA) is 87.7 Å². The summed E-state index contributed by atoms with van der Waals surface area (Å²) in [6.07, 6.45) is 2.45. The molecule has 112 valence electrons. The van der Waals surface area contributed by atoms with E-state index in [1.807, 2.05) is 24.3 Å². The van der Waals surface area contributed by atoms with E-state index in [9.17, 15) is 9.59 Å². The molecular formula is C15H18N2O4. The Kier molecular flexibility index (Phi) is 3.45. The summed E-state index contributed by atoms with van der Waals surface area (Å²) in [5.41, 5.74) is 0.0505. The molecule has 1 atom stereocenters. The van der Waals surface area contributed by atoms with Crippen molar-refractivity contribution in [1.82, 2.24) is 10.6 Å². The molecule has 0 radical (unpaired) electrons. The molecule has 2 amide bonds. The molecular weight excluding hydrogens is 272 g/mol. The molecule has 3 N–H and O–H groups in total. The molecule has 1 fully saturated rings. The van der Waals surface area contributed by atoms with Gasteiger partial charge in [0, 0.05) is 6.42 Å². The van der Waals surface area contributed by atoms with Gasteiger partial charge in [0.1, 0.15) is 17.4 Å². The SMILES string of the molecule is O=C(NCC1Cc2ccccc2O1)NC1(C(=O)O)CCC1. The van der Waals surface area contributed by atoms with Gasteiger partial charge in [0.2, 0.25) is 0 Å². The molecule has 1 heterocycles. The third-order valence-electron chi connectivity index (χ3n) is 4.17. The van der Waals surface area contributed by atoms with Crippen molar-refractivity contribution in [3.63, 3.8) is 0 Å². The lowest BCUT2D eigenvalue weighted by Gasteiger charge is -2.38. The Morgan fingerprint density at radius 3 is 2.71 bits per heavy atom. The number of nitrogens with one attached hydrogen (secondary N) is 2. The predicted octanol–water partition coefficient (Wildman–Crippen LogP) is 1.30. The summed E-state index contributed by atoms with van der Waals surface area (Å²) in [6.45, 7) is 0.357. The molecule has 1 aliphatic heterocycles. The van der Waals surface area contributed by atoms with Crippen molar-refractivity contribution in [2.75, 3.05) is 6.54 Å². The maximum absolute atomic E-state index is 11.8. The first kappa shape index (κ1) is 13.7. The van der Waals surface area contributed by atoms with Crippen molar-refractivity contribution >= 4 is 12.0 Å². The van der Waals surface area contributed by atoms with Gasteiger partial charge in [-0.05, 0) is 30.9 Å². The minimum absolute atomic E-state index is 0.102. The molecule has 3 rings (SSSR count). The van der Waals surface area contributed by atoms with Gasteiger partial charge in [-0.15, -0.1) is 0 Å². The summed E-state index contributed by atoms with van der Waals surface area (Å²) in [4.78, 5) is 23.0. The van der Waals surface area contributed by atoms with Gasteiger partial charge in [0.15, 0.2) is 0 Å². The van der Waals surface area contributed by atoms with Crippen LogP contribution in [-0.2, 0) is 11.2 Å². The first-order valence-electron chi connectivity index (χ1n) is 7.13. The highest BCUT2D eigenvalue weighted by molar-refractivity contribution is 5.87. The third kappa shape index (κ3) is 2.66. The lowest BCUT2D eigenvalue weighted by atomic mass is 9.77. The predicted molar refractivity (Wildman–Crippen MR) is 75.3 cm³/mol. The standard InChI is InChI=1S/C15H18N2O4/c18-13(19)15(6-3-7-15)17-14(20)16-9-11-8-10-4-1-2-5-12(10)21-11/h1-2,4-5,11H,3,6-9H2,(H,18,19)(H2,16,17,20). The number of aliphatic carboxylic acids is 1. The van der Waals surface area contributed by atoms with Crippen molar-refractivity contribution in [3.8, 4) is 5.75 Å². The maximum Gasteiger partial charge on any atom is 0.329 e. The Hall–Kier alpha value is -2.24. The Balaban J connectivity index is 1.48. The molecule has 6 heteroatoms. The number of benzene rings is 1. The summed E-state index contributed by atoms with van der Waals surface area (Å²) in [5, 5.41) is 14.4. The lowest BCUT2D eigenvalue weighted by Crippen LogP contribution is -2.61. The van der Waals surface area contributed by atoms with E-state index < -0.39 is 17.5 Å². The molecule has 1 aliphatic carbocycles. The van der Waals surface area contributed by atoms with E-state index in [-0.39, 0.29) is 6.10 Å². The van der Waals surface area contributed by atoms with Gasteiger partial charge in [-0.2, -0.15) is 0 Å². The van der Waals surface area contributed by atoms with Crippen LogP contribution in [0.5, 0.6) is 5.75 Å². The van der Waals surface area contributed by atoms with Crippen LogP contribution in [0.3, 0.4) is 0 Å². The van der Waals surface area contributed by atoms with Gasteiger partial charge in [0.05, 0.1) is 6.54 Å². The molecule has 0 saturated heterocycles. The van der Waals surface area contributed by atoms with E-state index in [1.165, 1.54) is 0 Å². The van der Waals surface area contributed by atoms with E-state index in [2.05, 4.69) is 10.6 Å². The number of carbonyl (C=O) groups excluding carboxylic acids is 1. The second-order valence-corrected chi connectivity index (χ2v) is 5.63. The zero-order valence-electron chi connectivity index (χ0n) is 11.6. The highest BCUT2D eigenvalue weighted by Crippen LogP contribution is 2.32. The van der Waals surface area contributed by atoms with Crippen molar-refractivity contribution in [1.29, 1.82) is 0 Å². The van der Waals surface area contributed by atoms with Crippen molar-refractivity contribution in [2.45, 2.75) is 37.3 Å². The van der Waals surface area contributed by atoms with Gasteiger partial charge in [0.25, 0.3) is 0 Å². The van der Waals surface area contributed by atoms with Crippen molar-refractivity contribution in [3.05, 3.63) is 29.8 Å². The van der Waals surface area contributed by atoms with E-state index in [1.54, 1.807) is 0 Å². The minimum atomic E-state index is -1.08. The summed E-state index contributed by atoms with van der Waals surface area (Å²) < 4.78 is 5.72. The van der Waals surface area contributed by atoms with Gasteiger partial charge >= 0.3 is 12.0 Å². The van der Waals surface area contributed by atoms with Gasteiger partial charge in [-0.1, -0.05) is 18.2 Å². The maximum atomic E-state index is 11.8. The fraction of sp³-hybridized carbons (Fsp3) is 0.467. The molecule has 0 bridgehead atoms. The van der Waals surface area contributed by atoms with Gasteiger partial charge in [-0.25, -0.2) is 9.59 Å². The Morgan fingerprint density at radius 1 is 1.33 bits per heavy atom. The second kappa shape index (κ2) is 5.27. The Bertz CT molecular complexity index is 544. The number of hydrogen-bond acceptors (Lipinski definition) is 3. The number of carboxylic acids is 1. The zero-order valence-corrected chi connectivity index (χ0v) is 11.6. The Labute approximate surface area is 122 Å². The highest BCUT2D eigenvalue weighted by Gasteiger charge is 2.45. The molecule has 0 aromatic heterocycles. The van der Waals surface area contributed by atoms with Crippen LogP contribution in [0.2, 0.25) is 0 Å². The number of carboxylic acid groups (broad SMARTS) is 1. The highest BCUT2D eigenvalue weighted by atomic mass is 16.5. The van der Waals surface area contributed by atoms with Crippen LogP contribution in [0.4, 0.5) is 4.79 Å². The van der Waals surface area contributed by atoms with E-state index in [0.717, 1.165) is 24.2 Å². The first-order valence-corrected chi connectivity index (χ1v) is 7.13. The smallest absolute Gasteiger partial charge is 0.329 e. The monoisotopic (exact) mass is 290 g/mol. The quantitative estimate of drug-likeness (QED) is 0.780. The number of ether oxygens (including phenoxy) is 1. The van der Waals surface area contributed by atoms with Crippen LogP contribution in [0.25, 0.3) is 0 Å². The molecule has 2 aliphatic rings. The first-order chi connectivity index (χ1) is 10.1. The average Bonchev–Trinajstić information content (AvgIpc) is 2.83. The van der Waals surface area contributed by atoms with Crippen LogP contribution in [0.15, 0.2) is 24.3 Å². The molecule has 1 aromatic carbocycles. The molecule has 1 aromatic rings. The van der Waals surface area contributed by atoms with Gasteiger partial charge < -0.3 is 20.5 Å². The van der Waals surface area contributed by atoms with Crippen LogP contribution in [-0.4, -0.2) is 35.3 Å². The molecule has 21 heavy (non-hydrogen) atoms. The van der Waals surface area contributed by atoms with Crippen LogP contribution < -0.4 is 15.4 Å². The minimum Gasteiger partial charge on any atom is -0.488 e. The number of hydrogen-bond donors (Lipinski definition) is 3. The molecule has 1 unspecified atom stereocenters.